The molecule has 6 heteroatoms. The van der Waals surface area contributed by atoms with Gasteiger partial charge in [0.05, 0.1) is 6.61 Å². The Labute approximate surface area is 113 Å². The molecule has 1 heterocycles. The molecule has 0 aliphatic carbocycles. The molecule has 0 aromatic heterocycles. The molecule has 0 aromatic rings. The van der Waals surface area contributed by atoms with Gasteiger partial charge < -0.3 is 19.5 Å². The molecule has 1 saturated heterocycles. The van der Waals surface area contributed by atoms with E-state index in [1.807, 2.05) is 0 Å². The number of rotatable bonds is 7. The molecule has 0 spiro atoms. The Balaban J connectivity index is 2.17. The normalized spacial score (nSPS) is 17.3. The van der Waals surface area contributed by atoms with Gasteiger partial charge in [-0.15, -0.1) is 0 Å². The maximum Gasteiger partial charge on any atom is 0.508 e. The summed E-state index contributed by atoms with van der Waals surface area (Å²) in [5.41, 5.74) is 0. The van der Waals surface area contributed by atoms with Crippen LogP contribution in [0.4, 0.5) is 9.59 Å². The van der Waals surface area contributed by atoms with Gasteiger partial charge in [0.2, 0.25) is 0 Å². The Bertz CT molecular complexity index is 285. The van der Waals surface area contributed by atoms with Gasteiger partial charge in [-0.2, -0.15) is 0 Å². The molecule has 1 fully saturated rings. The van der Waals surface area contributed by atoms with Gasteiger partial charge in [-0.05, 0) is 12.3 Å². The van der Waals surface area contributed by atoms with E-state index in [0.717, 1.165) is 25.7 Å². The molecular formula is C13H23NO5. The van der Waals surface area contributed by atoms with Gasteiger partial charge in [0.15, 0.2) is 0 Å². The topological polar surface area (TPSA) is 73.9 Å². The average Bonchev–Trinajstić information content (AvgIpc) is 2.42. The van der Waals surface area contributed by atoms with E-state index in [1.54, 1.807) is 0 Å². The predicted molar refractivity (Wildman–Crippen MR) is 68.9 cm³/mol. The van der Waals surface area contributed by atoms with Crippen LogP contribution in [0.3, 0.4) is 0 Å². The van der Waals surface area contributed by atoms with E-state index in [1.165, 1.54) is 0 Å². The zero-order valence-corrected chi connectivity index (χ0v) is 11.6. The molecule has 0 radical (unpaired) electrons. The van der Waals surface area contributed by atoms with Crippen molar-refractivity contribution in [3.05, 3.63) is 0 Å². The first-order chi connectivity index (χ1) is 9.15. The standard InChI is InChI=1S/C13H23NO5/c1-3-5-6-10(4-2)7-17-12(15)14-11-8-18-13(16)19-9-11/h10-11H,3-9H2,1-2H3,(H,14,15). The number of hydrogen-bond donors (Lipinski definition) is 1. The highest BCUT2D eigenvalue weighted by molar-refractivity contribution is 5.68. The molecule has 1 amide bonds. The van der Waals surface area contributed by atoms with Crippen LogP contribution in [0.25, 0.3) is 0 Å². The fraction of sp³-hybridized carbons (Fsp3) is 0.846. The van der Waals surface area contributed by atoms with Gasteiger partial charge in [-0.1, -0.05) is 33.1 Å². The van der Waals surface area contributed by atoms with Crippen LogP contribution in [-0.2, 0) is 14.2 Å². The Morgan fingerprint density at radius 3 is 2.68 bits per heavy atom. The number of unbranched alkanes of at least 4 members (excludes halogenated alkanes) is 1. The van der Waals surface area contributed by atoms with Crippen LogP contribution in [0, 0.1) is 5.92 Å². The highest BCUT2D eigenvalue weighted by Crippen LogP contribution is 2.12. The number of carbonyl (C=O) groups is 2. The lowest BCUT2D eigenvalue weighted by molar-refractivity contribution is -0.000158. The summed E-state index contributed by atoms with van der Waals surface area (Å²) in [5.74, 6) is 0.408. The highest BCUT2D eigenvalue weighted by atomic mass is 16.7. The molecule has 110 valence electrons. The zero-order valence-electron chi connectivity index (χ0n) is 11.6. The number of cyclic esters (lactones) is 2. The maximum atomic E-state index is 11.6. The second kappa shape index (κ2) is 8.61. The van der Waals surface area contributed by atoms with Gasteiger partial charge in [-0.25, -0.2) is 9.59 Å². The number of ether oxygens (including phenoxy) is 3. The fourth-order valence-electron chi connectivity index (χ4n) is 1.81. The minimum absolute atomic E-state index is 0.126. The Morgan fingerprint density at radius 2 is 2.11 bits per heavy atom. The summed E-state index contributed by atoms with van der Waals surface area (Å²) < 4.78 is 14.5. The van der Waals surface area contributed by atoms with E-state index in [2.05, 4.69) is 28.6 Å². The Kier molecular flexibility index (Phi) is 7.07. The van der Waals surface area contributed by atoms with Crippen molar-refractivity contribution in [1.29, 1.82) is 0 Å². The number of nitrogens with one attached hydrogen (secondary N) is 1. The number of carbonyl (C=O) groups excluding carboxylic acids is 2. The molecule has 1 atom stereocenters. The lowest BCUT2D eigenvalue weighted by Gasteiger charge is -2.23. The largest absolute Gasteiger partial charge is 0.508 e. The van der Waals surface area contributed by atoms with Gasteiger partial charge in [0.25, 0.3) is 0 Å². The molecule has 0 aromatic carbocycles. The molecule has 1 rings (SSSR count). The van der Waals surface area contributed by atoms with Crippen molar-refractivity contribution in [2.75, 3.05) is 19.8 Å². The Morgan fingerprint density at radius 1 is 1.42 bits per heavy atom. The van der Waals surface area contributed by atoms with Gasteiger partial charge in [0.1, 0.15) is 19.3 Å². The third kappa shape index (κ3) is 6.31. The van der Waals surface area contributed by atoms with Crippen molar-refractivity contribution in [3.8, 4) is 0 Å². The first-order valence-electron chi connectivity index (χ1n) is 6.88. The summed E-state index contributed by atoms with van der Waals surface area (Å²) >= 11 is 0. The number of alkyl carbamates (subject to hydrolysis) is 1. The Hall–Kier alpha value is -1.46. The molecular weight excluding hydrogens is 250 g/mol. The first-order valence-corrected chi connectivity index (χ1v) is 6.88. The van der Waals surface area contributed by atoms with E-state index < -0.39 is 12.2 Å². The number of hydrogen-bond acceptors (Lipinski definition) is 5. The van der Waals surface area contributed by atoms with Crippen LogP contribution in [0.2, 0.25) is 0 Å². The molecule has 6 nitrogen and oxygen atoms in total. The van der Waals surface area contributed by atoms with Gasteiger partial charge in [0, 0.05) is 0 Å². The predicted octanol–water partition coefficient (Wildman–Crippen LogP) is 2.46. The number of amides is 1. The van der Waals surface area contributed by atoms with Crippen molar-refractivity contribution in [1.82, 2.24) is 5.32 Å². The average molecular weight is 273 g/mol. The van der Waals surface area contributed by atoms with Crippen molar-refractivity contribution >= 4 is 12.2 Å². The van der Waals surface area contributed by atoms with E-state index in [4.69, 9.17) is 4.74 Å². The summed E-state index contributed by atoms with van der Waals surface area (Å²) in [6.45, 7) is 4.91. The van der Waals surface area contributed by atoms with E-state index in [0.29, 0.717) is 12.5 Å². The van der Waals surface area contributed by atoms with E-state index >= 15 is 0 Å². The van der Waals surface area contributed by atoms with Crippen LogP contribution in [0.15, 0.2) is 0 Å². The second-order valence-electron chi connectivity index (χ2n) is 4.73. The van der Waals surface area contributed by atoms with E-state index in [9.17, 15) is 9.59 Å². The summed E-state index contributed by atoms with van der Waals surface area (Å²) in [4.78, 5) is 22.2. The third-order valence-corrected chi connectivity index (χ3v) is 3.12. The summed E-state index contributed by atoms with van der Waals surface area (Å²) in [6.07, 6.45) is 3.18. The minimum Gasteiger partial charge on any atom is -0.449 e. The van der Waals surface area contributed by atoms with Gasteiger partial charge >= 0.3 is 12.2 Å². The van der Waals surface area contributed by atoms with Gasteiger partial charge in [-0.3, -0.25) is 0 Å². The fourth-order valence-corrected chi connectivity index (χ4v) is 1.81. The van der Waals surface area contributed by atoms with E-state index in [-0.39, 0.29) is 19.3 Å². The molecule has 1 unspecified atom stereocenters. The molecule has 1 aliphatic rings. The quantitative estimate of drug-likeness (QED) is 0.721. The highest BCUT2D eigenvalue weighted by Gasteiger charge is 2.23. The summed E-state index contributed by atoms with van der Waals surface area (Å²) in [5, 5.41) is 2.61. The lowest BCUT2D eigenvalue weighted by atomic mass is 10.0. The molecule has 19 heavy (non-hydrogen) atoms. The SMILES string of the molecule is CCCCC(CC)COC(=O)NC1COC(=O)OC1. The summed E-state index contributed by atoms with van der Waals surface area (Å²) in [7, 11) is 0. The van der Waals surface area contributed by atoms with Crippen LogP contribution >= 0.6 is 0 Å². The van der Waals surface area contributed by atoms with Crippen molar-refractivity contribution in [2.24, 2.45) is 5.92 Å². The monoisotopic (exact) mass is 273 g/mol. The van der Waals surface area contributed by atoms with Crippen LogP contribution < -0.4 is 5.32 Å². The van der Waals surface area contributed by atoms with Crippen LogP contribution in [-0.4, -0.2) is 38.1 Å². The van der Waals surface area contributed by atoms with Crippen LogP contribution in [0.5, 0.6) is 0 Å². The summed E-state index contributed by atoms with van der Waals surface area (Å²) in [6, 6.07) is -0.332. The molecule has 1 aliphatic heterocycles. The van der Waals surface area contributed by atoms with Crippen molar-refractivity contribution < 1.29 is 23.8 Å². The third-order valence-electron chi connectivity index (χ3n) is 3.12. The van der Waals surface area contributed by atoms with Crippen molar-refractivity contribution in [2.45, 2.75) is 45.6 Å². The van der Waals surface area contributed by atoms with Crippen molar-refractivity contribution in [3.63, 3.8) is 0 Å². The maximum absolute atomic E-state index is 11.6. The second-order valence-corrected chi connectivity index (χ2v) is 4.73. The lowest BCUT2D eigenvalue weighted by Crippen LogP contribution is -2.46. The molecule has 1 N–H and O–H groups in total. The molecule has 0 bridgehead atoms. The molecule has 0 saturated carbocycles. The van der Waals surface area contributed by atoms with Crippen LogP contribution in [0.1, 0.15) is 39.5 Å². The zero-order chi connectivity index (χ0) is 14.1. The minimum atomic E-state index is -0.697. The smallest absolute Gasteiger partial charge is 0.449 e. The first kappa shape index (κ1) is 15.6.